The third-order valence-corrected chi connectivity index (χ3v) is 5.57. The Hall–Kier alpha value is -0.500. The van der Waals surface area contributed by atoms with Crippen molar-refractivity contribution in [3.63, 3.8) is 0 Å². The molecule has 3 N–H and O–H groups in total. The van der Waals surface area contributed by atoms with Gasteiger partial charge in [-0.1, -0.05) is 6.92 Å². The molecule has 0 amide bonds. The number of aryl methyl sites for hydroxylation is 1. The van der Waals surface area contributed by atoms with Crippen LogP contribution in [-0.4, -0.2) is 30.5 Å². The lowest BCUT2D eigenvalue weighted by Crippen LogP contribution is -2.32. The number of thioether (sulfide) groups is 1. The summed E-state index contributed by atoms with van der Waals surface area (Å²) < 4.78 is 29.2. The van der Waals surface area contributed by atoms with Crippen molar-refractivity contribution in [1.29, 1.82) is 0 Å². The summed E-state index contributed by atoms with van der Waals surface area (Å²) in [5.41, 5.74) is 6.46. The molecule has 0 saturated heterocycles. The minimum Gasteiger partial charge on any atom is -0.349 e. The molecule has 20 heavy (non-hydrogen) atoms. The van der Waals surface area contributed by atoms with E-state index in [2.05, 4.69) is 11.6 Å². The van der Waals surface area contributed by atoms with E-state index in [0.717, 1.165) is 23.6 Å². The Balaban J connectivity index is 2.75. The zero-order chi connectivity index (χ0) is 15.2. The van der Waals surface area contributed by atoms with Gasteiger partial charge in [0.1, 0.15) is 0 Å². The Morgan fingerprint density at radius 3 is 2.65 bits per heavy atom. The molecule has 1 aromatic rings. The fraction of sp³-hybridized carbons (Fsp3) is 0.692. The summed E-state index contributed by atoms with van der Waals surface area (Å²) in [6.45, 7) is 7.01. The fourth-order valence-electron chi connectivity index (χ4n) is 1.93. The largest absolute Gasteiger partial charge is 0.349 e. The Bertz CT molecular complexity index is 490. The number of nitrogens with one attached hydrogen (secondary N) is 1. The molecule has 7 heteroatoms. The molecule has 1 rings (SSSR count). The van der Waals surface area contributed by atoms with Crippen LogP contribution in [0.2, 0.25) is 0 Å². The maximum absolute atomic E-state index is 12.3. The second-order valence-electron chi connectivity index (χ2n) is 4.67. The lowest BCUT2D eigenvalue weighted by atomic mass is 10.3. The van der Waals surface area contributed by atoms with Crippen LogP contribution < -0.4 is 10.5 Å². The molecule has 1 unspecified atom stereocenters. The molecule has 0 radical (unpaired) electrons. The number of sulfonamides is 1. The van der Waals surface area contributed by atoms with Crippen LogP contribution in [0, 0.1) is 0 Å². The normalized spacial score (nSPS) is 13.6. The molecular formula is C13H25N3O2S2. The van der Waals surface area contributed by atoms with Crippen LogP contribution in [0.4, 0.5) is 0 Å². The number of hydrogen-bond acceptors (Lipinski definition) is 4. The maximum Gasteiger partial charge on any atom is 0.242 e. The van der Waals surface area contributed by atoms with Gasteiger partial charge in [0.05, 0.1) is 4.90 Å². The summed E-state index contributed by atoms with van der Waals surface area (Å²) in [6.07, 6.45) is 2.48. The molecule has 0 bridgehead atoms. The number of hydrogen-bond donors (Lipinski definition) is 2. The molecular weight excluding hydrogens is 294 g/mol. The average Bonchev–Trinajstić information content (AvgIpc) is 2.82. The topological polar surface area (TPSA) is 77.1 Å². The van der Waals surface area contributed by atoms with Crippen molar-refractivity contribution in [2.45, 2.75) is 51.2 Å². The van der Waals surface area contributed by atoms with Gasteiger partial charge in [0.25, 0.3) is 0 Å². The summed E-state index contributed by atoms with van der Waals surface area (Å²) in [4.78, 5) is 0.301. The molecule has 5 nitrogen and oxygen atoms in total. The molecule has 0 fully saturated rings. The highest BCUT2D eigenvalue weighted by Crippen LogP contribution is 2.15. The number of nitrogens with zero attached hydrogens (tertiary/aromatic N) is 1. The molecule has 1 heterocycles. The summed E-state index contributed by atoms with van der Waals surface area (Å²) in [6, 6.07) is 1.59. The monoisotopic (exact) mass is 319 g/mol. The van der Waals surface area contributed by atoms with Crippen LogP contribution in [0.1, 0.15) is 32.9 Å². The molecule has 1 aromatic heterocycles. The van der Waals surface area contributed by atoms with E-state index in [1.807, 2.05) is 30.2 Å². The van der Waals surface area contributed by atoms with E-state index in [0.29, 0.717) is 18.0 Å². The Labute approximate surface area is 126 Å². The van der Waals surface area contributed by atoms with Gasteiger partial charge in [-0.3, -0.25) is 0 Å². The Kier molecular flexibility index (Phi) is 7.08. The summed E-state index contributed by atoms with van der Waals surface area (Å²) in [7, 11) is -3.45. The first-order valence-corrected chi connectivity index (χ1v) is 9.57. The van der Waals surface area contributed by atoms with Crippen LogP contribution >= 0.6 is 11.8 Å². The first-order chi connectivity index (χ1) is 9.44. The van der Waals surface area contributed by atoms with Gasteiger partial charge in [0.2, 0.25) is 10.0 Å². The summed E-state index contributed by atoms with van der Waals surface area (Å²) >= 11 is 1.82. The van der Waals surface area contributed by atoms with Gasteiger partial charge in [0.15, 0.2) is 0 Å². The highest BCUT2D eigenvalue weighted by Gasteiger charge is 2.20. The van der Waals surface area contributed by atoms with E-state index in [9.17, 15) is 8.42 Å². The Morgan fingerprint density at radius 2 is 2.15 bits per heavy atom. The number of aromatic nitrogens is 1. The minimum atomic E-state index is -3.45. The van der Waals surface area contributed by atoms with Gasteiger partial charge >= 0.3 is 0 Å². The molecule has 0 saturated carbocycles. The van der Waals surface area contributed by atoms with Gasteiger partial charge in [-0.05, 0) is 37.8 Å². The third-order valence-electron chi connectivity index (χ3n) is 3.08. The second kappa shape index (κ2) is 8.07. The molecule has 0 aliphatic heterocycles. The zero-order valence-electron chi connectivity index (χ0n) is 12.4. The van der Waals surface area contributed by atoms with Crippen LogP contribution in [0.3, 0.4) is 0 Å². The van der Waals surface area contributed by atoms with Crippen LogP contribution in [0.5, 0.6) is 0 Å². The van der Waals surface area contributed by atoms with Crippen LogP contribution in [-0.2, 0) is 23.1 Å². The SMILES string of the molecule is CCSCCC(C)NS(=O)(=O)c1cc(CN)n(CC)c1. The van der Waals surface area contributed by atoms with Crippen LogP contribution in [0.15, 0.2) is 17.2 Å². The van der Waals surface area contributed by atoms with E-state index in [1.54, 1.807) is 12.3 Å². The lowest BCUT2D eigenvalue weighted by Gasteiger charge is -2.12. The molecule has 0 aliphatic rings. The third kappa shape index (κ3) is 4.80. The van der Waals surface area contributed by atoms with Crippen molar-refractivity contribution in [3.05, 3.63) is 18.0 Å². The predicted molar refractivity (Wildman–Crippen MR) is 85.4 cm³/mol. The molecule has 0 aromatic carbocycles. The smallest absolute Gasteiger partial charge is 0.242 e. The van der Waals surface area contributed by atoms with Crippen molar-refractivity contribution in [3.8, 4) is 0 Å². The second-order valence-corrected chi connectivity index (χ2v) is 7.77. The fourth-order valence-corrected chi connectivity index (χ4v) is 4.08. The Morgan fingerprint density at radius 1 is 1.45 bits per heavy atom. The number of rotatable bonds is 9. The van der Waals surface area contributed by atoms with Crippen molar-refractivity contribution < 1.29 is 8.42 Å². The lowest BCUT2D eigenvalue weighted by molar-refractivity contribution is 0.556. The quantitative estimate of drug-likeness (QED) is 0.680. The van der Waals surface area contributed by atoms with Crippen molar-refractivity contribution >= 4 is 21.8 Å². The van der Waals surface area contributed by atoms with E-state index < -0.39 is 10.0 Å². The molecule has 0 spiro atoms. The first kappa shape index (κ1) is 17.6. The minimum absolute atomic E-state index is 0.0645. The van der Waals surface area contributed by atoms with Gasteiger partial charge in [0, 0.05) is 31.0 Å². The summed E-state index contributed by atoms with van der Waals surface area (Å²) in [5, 5.41) is 0. The average molecular weight is 319 g/mol. The highest BCUT2D eigenvalue weighted by molar-refractivity contribution is 7.99. The molecule has 116 valence electrons. The maximum atomic E-state index is 12.3. The molecule has 1 atom stereocenters. The van der Waals surface area contributed by atoms with Crippen molar-refractivity contribution in [1.82, 2.24) is 9.29 Å². The van der Waals surface area contributed by atoms with E-state index in [-0.39, 0.29) is 6.04 Å². The zero-order valence-corrected chi connectivity index (χ0v) is 14.1. The van der Waals surface area contributed by atoms with Crippen molar-refractivity contribution in [2.24, 2.45) is 5.73 Å². The van der Waals surface area contributed by atoms with E-state index >= 15 is 0 Å². The van der Waals surface area contributed by atoms with Gasteiger partial charge in [-0.15, -0.1) is 0 Å². The number of nitrogens with two attached hydrogens (primary N) is 1. The molecule has 0 aliphatic carbocycles. The van der Waals surface area contributed by atoms with E-state index in [4.69, 9.17) is 5.73 Å². The first-order valence-electron chi connectivity index (χ1n) is 6.93. The van der Waals surface area contributed by atoms with Gasteiger partial charge < -0.3 is 10.3 Å². The van der Waals surface area contributed by atoms with Crippen LogP contribution in [0.25, 0.3) is 0 Å². The van der Waals surface area contributed by atoms with Gasteiger partial charge in [-0.25, -0.2) is 13.1 Å². The van der Waals surface area contributed by atoms with E-state index in [1.165, 1.54) is 0 Å². The van der Waals surface area contributed by atoms with Gasteiger partial charge in [-0.2, -0.15) is 11.8 Å². The highest BCUT2D eigenvalue weighted by atomic mass is 32.2. The standard InChI is InChI=1S/C13H25N3O2S2/c1-4-16-10-13(8-12(16)9-14)20(17,18)15-11(3)6-7-19-5-2/h8,10-11,15H,4-7,9,14H2,1-3H3. The predicted octanol–water partition coefficient (Wildman–Crippen LogP) is 1.78. The summed E-state index contributed by atoms with van der Waals surface area (Å²) in [5.74, 6) is 2.02. The van der Waals surface area contributed by atoms with Crippen molar-refractivity contribution in [2.75, 3.05) is 11.5 Å².